The van der Waals surface area contributed by atoms with E-state index in [0.717, 1.165) is 0 Å². The third-order valence-electron chi connectivity index (χ3n) is 1.30. The lowest BCUT2D eigenvalue weighted by Gasteiger charge is -2.27. The molecule has 0 saturated carbocycles. The molecule has 0 atom stereocenters. The second kappa shape index (κ2) is 3.49. The molecule has 0 bridgehead atoms. The van der Waals surface area contributed by atoms with Crippen molar-refractivity contribution in [2.75, 3.05) is 0 Å². The first-order chi connectivity index (χ1) is 6.31. The molecule has 0 amide bonds. The van der Waals surface area contributed by atoms with Crippen LogP contribution in [-0.2, 0) is 4.79 Å². The number of carboxylic acid groups (broad SMARTS) is 1. The molecule has 1 N–H and O–H groups in total. The van der Waals surface area contributed by atoms with Gasteiger partial charge in [0.25, 0.3) is 0 Å². The van der Waals surface area contributed by atoms with E-state index in [1.807, 2.05) is 0 Å². The van der Waals surface area contributed by atoms with E-state index in [-0.39, 0.29) is 0 Å². The maximum Gasteiger partial charge on any atom is 0.407 e. The first-order valence-electron chi connectivity index (χ1n) is 3.06. The van der Waals surface area contributed by atoms with Crippen LogP contribution in [0, 0.1) is 5.92 Å². The lowest BCUT2D eigenvalue weighted by molar-refractivity contribution is -0.333. The number of carboxylic acids is 1. The molecular formula is C5H2F8O2. The van der Waals surface area contributed by atoms with Gasteiger partial charge in [-0.05, 0) is 0 Å². The number of aliphatic carboxylic acids is 1. The minimum Gasteiger partial charge on any atom is -0.477 e. The highest BCUT2D eigenvalue weighted by molar-refractivity contribution is 5.76. The maximum atomic E-state index is 12.2. The van der Waals surface area contributed by atoms with E-state index in [1.165, 1.54) is 0 Å². The summed E-state index contributed by atoms with van der Waals surface area (Å²) >= 11 is 0. The van der Waals surface area contributed by atoms with E-state index in [9.17, 15) is 39.9 Å². The molecule has 15 heavy (non-hydrogen) atoms. The highest BCUT2D eigenvalue weighted by atomic mass is 19.4. The van der Waals surface area contributed by atoms with E-state index in [1.54, 1.807) is 0 Å². The molecule has 0 aliphatic carbocycles. The Morgan fingerprint density at radius 1 is 0.867 bits per heavy atom. The van der Waals surface area contributed by atoms with Crippen molar-refractivity contribution in [1.29, 1.82) is 0 Å². The summed E-state index contributed by atoms with van der Waals surface area (Å²) in [5, 5.41) is 7.59. The van der Waals surface area contributed by atoms with Crippen molar-refractivity contribution in [3.05, 3.63) is 0 Å². The Kier molecular flexibility index (Phi) is 3.24. The van der Waals surface area contributed by atoms with Crippen LogP contribution in [0.4, 0.5) is 35.1 Å². The zero-order valence-corrected chi connectivity index (χ0v) is 6.46. The summed E-state index contributed by atoms with van der Waals surface area (Å²) in [6.07, 6.45) is -12.8. The molecule has 0 fully saturated rings. The van der Waals surface area contributed by atoms with Gasteiger partial charge >= 0.3 is 24.2 Å². The average molecular weight is 246 g/mol. The fraction of sp³-hybridized carbons (Fsp3) is 0.800. The molecule has 0 aromatic carbocycles. The van der Waals surface area contributed by atoms with Gasteiger partial charge in [0.05, 0.1) is 0 Å². The Morgan fingerprint density at radius 2 is 1.13 bits per heavy atom. The standard InChI is InChI=1S/C5H2F8O2/c6-3(7,2(14)15)1(4(8,9)10)5(11,12)13/h1H,(H,14,15). The minimum atomic E-state index is -6.39. The molecule has 0 saturated heterocycles. The smallest absolute Gasteiger partial charge is 0.407 e. The van der Waals surface area contributed by atoms with Gasteiger partial charge in [-0.1, -0.05) is 0 Å². The predicted octanol–water partition coefficient (Wildman–Crippen LogP) is 2.45. The average Bonchev–Trinajstić information content (AvgIpc) is 1.76. The Morgan fingerprint density at radius 3 is 1.20 bits per heavy atom. The summed E-state index contributed by atoms with van der Waals surface area (Å²) in [4.78, 5) is 9.61. The molecule has 0 aliphatic heterocycles. The lowest BCUT2D eigenvalue weighted by atomic mass is 10.0. The second-order valence-corrected chi connectivity index (χ2v) is 2.44. The Bertz CT molecular complexity index is 237. The van der Waals surface area contributed by atoms with Crippen LogP contribution >= 0.6 is 0 Å². The van der Waals surface area contributed by atoms with Crippen LogP contribution in [0.3, 0.4) is 0 Å². The first-order valence-corrected chi connectivity index (χ1v) is 3.06. The third kappa shape index (κ3) is 2.93. The number of hydrogen-bond acceptors (Lipinski definition) is 1. The molecule has 0 aliphatic rings. The van der Waals surface area contributed by atoms with Crippen molar-refractivity contribution in [2.24, 2.45) is 5.92 Å². The highest BCUT2D eigenvalue weighted by Crippen LogP contribution is 2.47. The summed E-state index contributed by atoms with van der Waals surface area (Å²) in [6.45, 7) is 0. The molecule has 0 rings (SSSR count). The van der Waals surface area contributed by atoms with Gasteiger partial charge in [0.1, 0.15) is 0 Å². The molecule has 0 unspecified atom stereocenters. The van der Waals surface area contributed by atoms with E-state index >= 15 is 0 Å². The van der Waals surface area contributed by atoms with Crippen molar-refractivity contribution in [2.45, 2.75) is 18.3 Å². The molecule has 90 valence electrons. The quantitative estimate of drug-likeness (QED) is 0.760. The van der Waals surface area contributed by atoms with Crippen LogP contribution < -0.4 is 0 Å². The first kappa shape index (κ1) is 13.9. The van der Waals surface area contributed by atoms with Gasteiger partial charge in [0.2, 0.25) is 5.92 Å². The normalized spacial score (nSPS) is 14.5. The lowest BCUT2D eigenvalue weighted by Crippen LogP contribution is -2.52. The van der Waals surface area contributed by atoms with Gasteiger partial charge in [-0.15, -0.1) is 0 Å². The minimum absolute atomic E-state index is 3.48. The Balaban J connectivity index is 5.43. The van der Waals surface area contributed by atoms with Crippen molar-refractivity contribution in [3.63, 3.8) is 0 Å². The predicted molar refractivity (Wildman–Crippen MR) is 28.2 cm³/mol. The van der Waals surface area contributed by atoms with Crippen LogP contribution in [0.1, 0.15) is 0 Å². The summed E-state index contributed by atoms with van der Waals surface area (Å²) in [6, 6.07) is 0. The zero-order valence-electron chi connectivity index (χ0n) is 6.46. The molecular weight excluding hydrogens is 244 g/mol. The van der Waals surface area contributed by atoms with Gasteiger partial charge in [-0.2, -0.15) is 35.1 Å². The molecule has 2 nitrogen and oxygen atoms in total. The fourth-order valence-electron chi connectivity index (χ4n) is 0.720. The largest absolute Gasteiger partial charge is 0.477 e. The SMILES string of the molecule is O=C(O)C(F)(F)C(C(F)(F)F)C(F)(F)F. The molecule has 10 heteroatoms. The summed E-state index contributed by atoms with van der Waals surface area (Å²) in [7, 11) is 0. The van der Waals surface area contributed by atoms with Gasteiger partial charge in [0, 0.05) is 0 Å². The van der Waals surface area contributed by atoms with Crippen LogP contribution in [0.5, 0.6) is 0 Å². The highest BCUT2D eigenvalue weighted by Gasteiger charge is 2.72. The van der Waals surface area contributed by atoms with Gasteiger partial charge in [-0.3, -0.25) is 0 Å². The van der Waals surface area contributed by atoms with E-state index in [0.29, 0.717) is 0 Å². The number of alkyl halides is 8. The Hall–Kier alpha value is -1.09. The van der Waals surface area contributed by atoms with Crippen LogP contribution in [-0.4, -0.2) is 29.4 Å². The van der Waals surface area contributed by atoms with Crippen molar-refractivity contribution < 1.29 is 45.0 Å². The Labute approximate surface area is 76.5 Å². The third-order valence-corrected chi connectivity index (χ3v) is 1.30. The van der Waals surface area contributed by atoms with E-state index in [4.69, 9.17) is 5.11 Å². The van der Waals surface area contributed by atoms with Gasteiger partial charge in [-0.25, -0.2) is 4.79 Å². The van der Waals surface area contributed by atoms with Crippen molar-refractivity contribution in [1.82, 2.24) is 0 Å². The molecule has 0 spiro atoms. The van der Waals surface area contributed by atoms with Gasteiger partial charge < -0.3 is 5.11 Å². The second-order valence-electron chi connectivity index (χ2n) is 2.44. The number of rotatable bonds is 2. The van der Waals surface area contributed by atoms with E-state index in [2.05, 4.69) is 0 Å². The van der Waals surface area contributed by atoms with Crippen LogP contribution in [0.2, 0.25) is 0 Å². The maximum absolute atomic E-state index is 12.2. The van der Waals surface area contributed by atoms with Crippen LogP contribution in [0.25, 0.3) is 0 Å². The number of hydrogen-bond donors (Lipinski definition) is 1. The summed E-state index contributed by atoms with van der Waals surface area (Å²) in [5.74, 6) is -14.6. The number of carbonyl (C=O) groups is 1. The monoisotopic (exact) mass is 246 g/mol. The van der Waals surface area contributed by atoms with E-state index < -0.39 is 30.2 Å². The molecule has 0 aromatic heterocycles. The van der Waals surface area contributed by atoms with Crippen molar-refractivity contribution in [3.8, 4) is 0 Å². The van der Waals surface area contributed by atoms with Crippen LogP contribution in [0.15, 0.2) is 0 Å². The summed E-state index contributed by atoms with van der Waals surface area (Å²) in [5.41, 5.74) is 0. The molecule has 0 aromatic rings. The molecule has 0 heterocycles. The number of halogens is 8. The summed E-state index contributed by atoms with van der Waals surface area (Å²) < 4.78 is 94.0. The fourth-order valence-corrected chi connectivity index (χ4v) is 0.720. The zero-order chi connectivity index (χ0) is 12.7. The van der Waals surface area contributed by atoms with Crippen molar-refractivity contribution >= 4 is 5.97 Å². The topological polar surface area (TPSA) is 37.3 Å². The molecule has 0 radical (unpaired) electrons. The van der Waals surface area contributed by atoms with Gasteiger partial charge in [0.15, 0.2) is 0 Å².